The van der Waals surface area contributed by atoms with Crippen molar-refractivity contribution in [3.8, 4) is 0 Å². The van der Waals surface area contributed by atoms with Gasteiger partial charge >= 0.3 is 6.03 Å². The number of hydrogen-bond donors (Lipinski definition) is 1. The average Bonchev–Trinajstić information content (AvgIpc) is 3.31. The van der Waals surface area contributed by atoms with E-state index in [0.717, 1.165) is 0 Å². The van der Waals surface area contributed by atoms with E-state index in [9.17, 15) is 9.59 Å². The van der Waals surface area contributed by atoms with Crippen LogP contribution >= 0.6 is 0 Å². The molecule has 118 valence electrons. The lowest BCUT2D eigenvalue weighted by Crippen LogP contribution is -2.46. The molecular formula is C14H22N2O5. The maximum Gasteiger partial charge on any atom is 0.328 e. The molecule has 3 rings (SSSR count). The van der Waals surface area contributed by atoms with Gasteiger partial charge in [0, 0.05) is 6.61 Å². The summed E-state index contributed by atoms with van der Waals surface area (Å²) in [6.45, 7) is 5.25. The third kappa shape index (κ3) is 2.65. The molecule has 7 heteroatoms. The minimum absolute atomic E-state index is 0.0441. The summed E-state index contributed by atoms with van der Waals surface area (Å²) in [5.74, 6) is -0.188. The van der Waals surface area contributed by atoms with Crippen LogP contribution in [0, 0.1) is 0 Å². The molecule has 3 fully saturated rings. The van der Waals surface area contributed by atoms with E-state index in [1.54, 1.807) is 18.7 Å². The summed E-state index contributed by atoms with van der Waals surface area (Å²) in [4.78, 5) is 28.3. The largest absolute Gasteiger partial charge is 0.396 e. The van der Waals surface area contributed by atoms with E-state index in [1.807, 2.05) is 0 Å². The highest BCUT2D eigenvalue weighted by Gasteiger charge is 2.56. The first-order valence-electron chi connectivity index (χ1n) is 7.46. The monoisotopic (exact) mass is 298 g/mol. The molecule has 3 unspecified atom stereocenters. The van der Waals surface area contributed by atoms with Crippen LogP contribution in [0.15, 0.2) is 0 Å². The first-order chi connectivity index (χ1) is 9.96. The molecule has 7 nitrogen and oxygen atoms in total. The predicted octanol–water partition coefficient (Wildman–Crippen LogP) is -0.0321. The zero-order valence-electron chi connectivity index (χ0n) is 12.4. The summed E-state index contributed by atoms with van der Waals surface area (Å²) in [6, 6.07) is -0.541. The number of carbonyl (C=O) groups excluding carboxylic acids is 2. The number of amides is 3. The van der Waals surface area contributed by atoms with Crippen LogP contribution < -0.4 is 0 Å². The Morgan fingerprint density at radius 1 is 1.33 bits per heavy atom. The second-order valence-electron chi connectivity index (χ2n) is 6.39. The molecule has 3 aliphatic rings. The first kappa shape index (κ1) is 14.7. The Kier molecular flexibility index (Phi) is 3.67. The van der Waals surface area contributed by atoms with Crippen LogP contribution in [0.3, 0.4) is 0 Å². The summed E-state index contributed by atoms with van der Waals surface area (Å²) in [5, 5.41) is 9.02. The molecule has 0 spiro atoms. The van der Waals surface area contributed by atoms with Crippen LogP contribution in [0.1, 0.15) is 26.7 Å². The maximum atomic E-state index is 12.7. The zero-order chi connectivity index (χ0) is 15.2. The normalized spacial score (nSPS) is 31.8. The molecule has 0 aromatic heterocycles. The first-order valence-corrected chi connectivity index (χ1v) is 7.46. The lowest BCUT2D eigenvalue weighted by atomic mass is 10.0. The van der Waals surface area contributed by atoms with Crippen LogP contribution in [0.2, 0.25) is 0 Å². The quantitative estimate of drug-likeness (QED) is 0.527. The summed E-state index contributed by atoms with van der Waals surface area (Å²) in [6.07, 6.45) is 1.09. The lowest BCUT2D eigenvalue weighted by molar-refractivity contribution is -0.133. The number of hydrogen-bond acceptors (Lipinski definition) is 5. The molecule has 1 N–H and O–H groups in total. The molecule has 3 aliphatic heterocycles. The van der Waals surface area contributed by atoms with Gasteiger partial charge in [0.1, 0.15) is 11.6 Å². The van der Waals surface area contributed by atoms with E-state index in [1.165, 1.54) is 4.90 Å². The van der Waals surface area contributed by atoms with Crippen molar-refractivity contribution in [3.05, 3.63) is 0 Å². The Morgan fingerprint density at radius 2 is 2.00 bits per heavy atom. The van der Waals surface area contributed by atoms with Crippen molar-refractivity contribution >= 4 is 11.9 Å². The summed E-state index contributed by atoms with van der Waals surface area (Å²) in [5.41, 5.74) is -0.852. The lowest BCUT2D eigenvalue weighted by Gasteiger charge is -2.26. The van der Waals surface area contributed by atoms with E-state index in [2.05, 4.69) is 0 Å². The number of ether oxygens (including phenoxy) is 2. The van der Waals surface area contributed by atoms with Crippen LogP contribution in [0.4, 0.5) is 4.79 Å². The van der Waals surface area contributed by atoms with Crippen molar-refractivity contribution in [3.63, 3.8) is 0 Å². The number of imide groups is 1. The van der Waals surface area contributed by atoms with Crippen molar-refractivity contribution in [1.29, 1.82) is 0 Å². The van der Waals surface area contributed by atoms with Crippen LogP contribution in [-0.4, -0.2) is 77.0 Å². The van der Waals surface area contributed by atoms with Gasteiger partial charge in [0.25, 0.3) is 5.91 Å². The molecule has 0 aromatic rings. The van der Waals surface area contributed by atoms with E-state index in [0.29, 0.717) is 32.6 Å². The highest BCUT2D eigenvalue weighted by atomic mass is 16.6. The topological polar surface area (TPSA) is 85.9 Å². The smallest absolute Gasteiger partial charge is 0.328 e. The number of rotatable bonds is 7. The molecule has 0 saturated carbocycles. The molecule has 3 atom stereocenters. The number of nitrogens with zero attached hydrogens (tertiary/aromatic N) is 2. The molecule has 3 amide bonds. The Labute approximate surface area is 123 Å². The summed E-state index contributed by atoms with van der Waals surface area (Å²) < 4.78 is 10.5. The van der Waals surface area contributed by atoms with Crippen molar-refractivity contribution in [2.45, 2.75) is 50.5 Å². The third-order valence-electron chi connectivity index (χ3n) is 4.42. The fourth-order valence-corrected chi connectivity index (χ4v) is 2.90. The average molecular weight is 298 g/mol. The van der Waals surface area contributed by atoms with Crippen molar-refractivity contribution in [2.24, 2.45) is 0 Å². The van der Waals surface area contributed by atoms with E-state index >= 15 is 0 Å². The fourth-order valence-electron chi connectivity index (χ4n) is 2.90. The second kappa shape index (κ2) is 5.23. The summed E-state index contributed by atoms with van der Waals surface area (Å²) in [7, 11) is 0. The standard InChI is InChI=1S/C14H22N2O5/c1-14(2)12(18)16(10(4-3-5-17)11-8-21-11)13(19)15(14)6-9-7-20-9/h9-11,17H,3-8H2,1-2H3. The van der Waals surface area contributed by atoms with Crippen molar-refractivity contribution < 1.29 is 24.2 Å². The molecule has 0 radical (unpaired) electrons. The molecule has 3 heterocycles. The highest BCUT2D eigenvalue weighted by molar-refractivity contribution is 6.07. The van der Waals surface area contributed by atoms with E-state index in [-0.39, 0.29) is 36.8 Å². The second-order valence-corrected chi connectivity index (χ2v) is 6.39. The highest BCUT2D eigenvalue weighted by Crippen LogP contribution is 2.35. The summed E-state index contributed by atoms with van der Waals surface area (Å²) >= 11 is 0. The molecule has 0 bridgehead atoms. The van der Waals surface area contributed by atoms with Gasteiger partial charge in [0.05, 0.1) is 31.9 Å². The van der Waals surface area contributed by atoms with Gasteiger partial charge in [-0.25, -0.2) is 4.79 Å². The number of aliphatic hydroxyl groups is 1. The number of aliphatic hydroxyl groups excluding tert-OH is 1. The number of epoxide rings is 2. The van der Waals surface area contributed by atoms with Crippen LogP contribution in [0.5, 0.6) is 0 Å². The van der Waals surface area contributed by atoms with Gasteiger partial charge in [-0.3, -0.25) is 9.69 Å². The van der Waals surface area contributed by atoms with Crippen molar-refractivity contribution in [1.82, 2.24) is 9.80 Å². The third-order valence-corrected chi connectivity index (χ3v) is 4.42. The minimum Gasteiger partial charge on any atom is -0.396 e. The SMILES string of the molecule is CC1(C)C(=O)N(C(CCCO)C2CO2)C(=O)N1CC1CO1. The van der Waals surface area contributed by atoms with Gasteiger partial charge in [0.2, 0.25) is 0 Å². The fraction of sp³-hybridized carbons (Fsp3) is 0.857. The van der Waals surface area contributed by atoms with Crippen molar-refractivity contribution in [2.75, 3.05) is 26.4 Å². The molecule has 21 heavy (non-hydrogen) atoms. The Hall–Kier alpha value is -1.18. The molecule has 0 aliphatic carbocycles. The van der Waals surface area contributed by atoms with Gasteiger partial charge in [-0.2, -0.15) is 0 Å². The number of carbonyl (C=O) groups is 2. The predicted molar refractivity (Wildman–Crippen MR) is 72.6 cm³/mol. The van der Waals surface area contributed by atoms with Gasteiger partial charge in [-0.05, 0) is 26.7 Å². The van der Waals surface area contributed by atoms with Crippen LogP contribution in [-0.2, 0) is 14.3 Å². The maximum absolute atomic E-state index is 12.7. The van der Waals surface area contributed by atoms with Gasteiger partial charge in [-0.1, -0.05) is 0 Å². The Balaban J connectivity index is 1.79. The zero-order valence-corrected chi connectivity index (χ0v) is 12.4. The minimum atomic E-state index is -0.852. The van der Waals surface area contributed by atoms with Gasteiger partial charge in [-0.15, -0.1) is 0 Å². The molecule has 3 saturated heterocycles. The molecular weight excluding hydrogens is 276 g/mol. The van der Waals surface area contributed by atoms with E-state index in [4.69, 9.17) is 14.6 Å². The Morgan fingerprint density at radius 3 is 2.52 bits per heavy atom. The van der Waals surface area contributed by atoms with E-state index < -0.39 is 5.54 Å². The van der Waals surface area contributed by atoms with Gasteiger partial charge in [0.15, 0.2) is 0 Å². The number of urea groups is 1. The molecule has 0 aromatic carbocycles. The Bertz CT molecular complexity index is 445. The van der Waals surface area contributed by atoms with Crippen LogP contribution in [0.25, 0.3) is 0 Å². The van der Waals surface area contributed by atoms with Gasteiger partial charge < -0.3 is 19.5 Å².